The van der Waals surface area contributed by atoms with Crippen molar-refractivity contribution in [1.29, 1.82) is 0 Å². The van der Waals surface area contributed by atoms with Crippen molar-refractivity contribution in [2.75, 3.05) is 38.1 Å². The molecule has 4 rings (SSSR count). The van der Waals surface area contributed by atoms with E-state index in [0.29, 0.717) is 6.42 Å². The van der Waals surface area contributed by atoms with Crippen LogP contribution in [0.15, 0.2) is 36.4 Å². The maximum atomic E-state index is 12.2. The van der Waals surface area contributed by atoms with Crippen molar-refractivity contribution < 1.29 is 4.79 Å². The quantitative estimate of drug-likeness (QED) is 0.808. The van der Waals surface area contributed by atoms with E-state index in [-0.39, 0.29) is 5.78 Å². The van der Waals surface area contributed by atoms with Crippen LogP contribution in [-0.4, -0.2) is 48.9 Å². The number of Topliss-reactive ketones (excluding diaryl/α,β-unsaturated/α-hetero) is 1. The highest BCUT2D eigenvalue weighted by molar-refractivity contribution is 6.06. The zero-order valence-electron chi connectivity index (χ0n) is 12.7. The molecule has 2 aromatic rings. The van der Waals surface area contributed by atoms with Gasteiger partial charge in [0.15, 0.2) is 5.78 Å². The molecule has 0 spiro atoms. The number of aromatic nitrogens is 1. The Morgan fingerprint density at radius 3 is 2.45 bits per heavy atom. The first kappa shape index (κ1) is 13.5. The number of ketones is 1. The molecule has 2 aliphatic rings. The summed E-state index contributed by atoms with van der Waals surface area (Å²) in [6.45, 7) is 4.13. The molecule has 0 unspecified atom stereocenters. The lowest BCUT2D eigenvalue weighted by Gasteiger charge is -2.33. The predicted molar refractivity (Wildman–Crippen MR) is 87.4 cm³/mol. The Hall–Kier alpha value is -2.20. The molecule has 1 aromatic carbocycles. The number of piperazine rings is 1. The molecule has 0 saturated carbocycles. The first-order chi connectivity index (χ1) is 10.7. The van der Waals surface area contributed by atoms with E-state index in [0.717, 1.165) is 54.4 Å². The van der Waals surface area contributed by atoms with Gasteiger partial charge in [0.05, 0.1) is 5.69 Å². The number of anilines is 1. The maximum Gasteiger partial charge on any atom is 0.167 e. The summed E-state index contributed by atoms with van der Waals surface area (Å²) in [6.07, 6.45) is 0.461. The lowest BCUT2D eigenvalue weighted by molar-refractivity contribution is 0.0991. The van der Waals surface area contributed by atoms with Gasteiger partial charge in [0.2, 0.25) is 0 Å². The lowest BCUT2D eigenvalue weighted by atomic mass is 9.88. The van der Waals surface area contributed by atoms with Crippen LogP contribution in [0.3, 0.4) is 0 Å². The SMILES string of the molecule is CN1CCN(c2ccc3c(n2)-c2ccccc2C(=O)C3)CC1. The van der Waals surface area contributed by atoms with Gasteiger partial charge in [-0.15, -0.1) is 0 Å². The molecule has 1 fully saturated rings. The van der Waals surface area contributed by atoms with Gasteiger partial charge in [0, 0.05) is 43.7 Å². The largest absolute Gasteiger partial charge is 0.354 e. The highest BCUT2D eigenvalue weighted by Gasteiger charge is 2.24. The Labute approximate surface area is 130 Å². The van der Waals surface area contributed by atoms with Crippen LogP contribution in [0.2, 0.25) is 0 Å². The standard InChI is InChI=1S/C18H19N3O/c1-20-8-10-21(11-9-20)17-7-6-13-12-16(22)14-4-2-3-5-15(14)18(13)19-17/h2-7H,8-12H2,1H3. The van der Waals surface area contributed by atoms with Crippen LogP contribution in [0.5, 0.6) is 0 Å². The minimum atomic E-state index is 0.192. The zero-order valence-corrected chi connectivity index (χ0v) is 12.7. The second-order valence-electron chi connectivity index (χ2n) is 6.11. The number of benzene rings is 1. The van der Waals surface area contributed by atoms with Crippen molar-refractivity contribution >= 4 is 11.6 Å². The molecule has 1 aliphatic heterocycles. The Kier molecular flexibility index (Phi) is 3.19. The molecular formula is C18H19N3O. The third-order valence-electron chi connectivity index (χ3n) is 4.62. The number of rotatable bonds is 1. The number of carbonyl (C=O) groups excluding carboxylic acids is 1. The number of hydrogen-bond donors (Lipinski definition) is 0. The van der Waals surface area contributed by atoms with E-state index in [2.05, 4.69) is 29.0 Å². The van der Waals surface area contributed by atoms with Gasteiger partial charge >= 0.3 is 0 Å². The van der Waals surface area contributed by atoms with Crippen LogP contribution < -0.4 is 4.90 Å². The van der Waals surface area contributed by atoms with E-state index in [9.17, 15) is 4.79 Å². The molecule has 0 amide bonds. The third kappa shape index (κ3) is 2.20. The van der Waals surface area contributed by atoms with Crippen molar-refractivity contribution in [2.24, 2.45) is 0 Å². The number of nitrogens with zero attached hydrogens (tertiary/aromatic N) is 3. The van der Waals surface area contributed by atoms with E-state index in [1.165, 1.54) is 0 Å². The summed E-state index contributed by atoms with van der Waals surface area (Å²) in [4.78, 5) is 21.8. The number of likely N-dealkylation sites (N-methyl/N-ethyl adjacent to an activating group) is 1. The molecule has 112 valence electrons. The summed E-state index contributed by atoms with van der Waals surface area (Å²) in [5.41, 5.74) is 3.80. The smallest absolute Gasteiger partial charge is 0.167 e. The average Bonchev–Trinajstić information content (AvgIpc) is 2.56. The van der Waals surface area contributed by atoms with Crippen LogP contribution >= 0.6 is 0 Å². The minimum Gasteiger partial charge on any atom is -0.354 e. The second-order valence-corrected chi connectivity index (χ2v) is 6.11. The van der Waals surface area contributed by atoms with E-state index in [1.54, 1.807) is 0 Å². The van der Waals surface area contributed by atoms with Crippen LogP contribution in [0.25, 0.3) is 11.3 Å². The van der Waals surface area contributed by atoms with Crippen LogP contribution in [0, 0.1) is 0 Å². The molecule has 0 radical (unpaired) electrons. The summed E-state index contributed by atoms with van der Waals surface area (Å²) in [5, 5.41) is 0. The van der Waals surface area contributed by atoms with Gasteiger partial charge in [-0.05, 0) is 18.7 Å². The van der Waals surface area contributed by atoms with E-state index in [1.807, 2.05) is 24.3 Å². The minimum absolute atomic E-state index is 0.192. The van der Waals surface area contributed by atoms with Gasteiger partial charge in [0.1, 0.15) is 5.82 Å². The fraction of sp³-hybridized carbons (Fsp3) is 0.333. The molecule has 4 nitrogen and oxygen atoms in total. The van der Waals surface area contributed by atoms with Gasteiger partial charge in [-0.1, -0.05) is 30.3 Å². The zero-order chi connectivity index (χ0) is 15.1. The maximum absolute atomic E-state index is 12.2. The third-order valence-corrected chi connectivity index (χ3v) is 4.62. The van der Waals surface area contributed by atoms with Gasteiger partial charge in [-0.25, -0.2) is 4.98 Å². The van der Waals surface area contributed by atoms with Crippen molar-refractivity contribution in [3.05, 3.63) is 47.5 Å². The van der Waals surface area contributed by atoms with E-state index < -0.39 is 0 Å². The average molecular weight is 293 g/mol. The molecule has 22 heavy (non-hydrogen) atoms. The fourth-order valence-corrected chi connectivity index (χ4v) is 3.27. The van der Waals surface area contributed by atoms with Gasteiger partial charge in [-0.3, -0.25) is 4.79 Å². The van der Waals surface area contributed by atoms with Crippen LogP contribution in [0.4, 0.5) is 5.82 Å². The van der Waals surface area contributed by atoms with E-state index in [4.69, 9.17) is 4.98 Å². The van der Waals surface area contributed by atoms with Gasteiger partial charge in [0.25, 0.3) is 0 Å². The molecule has 4 heteroatoms. The van der Waals surface area contributed by atoms with Crippen molar-refractivity contribution in [3.8, 4) is 11.3 Å². The van der Waals surface area contributed by atoms with Crippen LogP contribution in [0.1, 0.15) is 15.9 Å². The fourth-order valence-electron chi connectivity index (χ4n) is 3.27. The first-order valence-corrected chi connectivity index (χ1v) is 7.78. The number of pyridine rings is 1. The Morgan fingerprint density at radius 1 is 0.955 bits per heavy atom. The Balaban J connectivity index is 1.74. The Bertz CT molecular complexity index is 733. The summed E-state index contributed by atoms with van der Waals surface area (Å²) in [5.74, 6) is 1.22. The topological polar surface area (TPSA) is 36.4 Å². The summed E-state index contributed by atoms with van der Waals surface area (Å²) < 4.78 is 0. The van der Waals surface area contributed by atoms with Crippen molar-refractivity contribution in [3.63, 3.8) is 0 Å². The van der Waals surface area contributed by atoms with E-state index >= 15 is 0 Å². The molecule has 1 aromatic heterocycles. The van der Waals surface area contributed by atoms with Gasteiger partial charge < -0.3 is 9.80 Å². The molecule has 0 atom stereocenters. The van der Waals surface area contributed by atoms with Gasteiger partial charge in [-0.2, -0.15) is 0 Å². The highest BCUT2D eigenvalue weighted by Crippen LogP contribution is 2.33. The molecule has 2 heterocycles. The summed E-state index contributed by atoms with van der Waals surface area (Å²) in [7, 11) is 2.15. The predicted octanol–water partition coefficient (Wildman–Crippen LogP) is 2.24. The Morgan fingerprint density at radius 2 is 1.68 bits per heavy atom. The molecule has 1 saturated heterocycles. The first-order valence-electron chi connectivity index (χ1n) is 7.78. The molecule has 1 aliphatic carbocycles. The molecule has 0 bridgehead atoms. The summed E-state index contributed by atoms with van der Waals surface area (Å²) >= 11 is 0. The normalized spacial score (nSPS) is 18.0. The monoisotopic (exact) mass is 293 g/mol. The number of carbonyl (C=O) groups is 1. The second kappa shape index (κ2) is 5.21. The highest BCUT2D eigenvalue weighted by atomic mass is 16.1. The van der Waals surface area contributed by atoms with Crippen molar-refractivity contribution in [1.82, 2.24) is 9.88 Å². The number of fused-ring (bicyclic) bond motifs is 3. The lowest BCUT2D eigenvalue weighted by Crippen LogP contribution is -2.44. The summed E-state index contributed by atoms with van der Waals surface area (Å²) in [6, 6.07) is 11.9. The van der Waals surface area contributed by atoms with Crippen LogP contribution in [-0.2, 0) is 6.42 Å². The molecule has 0 N–H and O–H groups in total. The van der Waals surface area contributed by atoms with Crippen molar-refractivity contribution in [2.45, 2.75) is 6.42 Å². The molecular weight excluding hydrogens is 274 g/mol. The number of hydrogen-bond acceptors (Lipinski definition) is 4.